The van der Waals surface area contributed by atoms with Crippen LogP contribution in [0.2, 0.25) is 0 Å². The van der Waals surface area contributed by atoms with Gasteiger partial charge in [0, 0.05) is 24.5 Å². The number of carbonyl (C=O) groups is 1. The van der Waals surface area contributed by atoms with E-state index in [0.29, 0.717) is 0 Å². The number of halogens is 1. The third-order valence-electron chi connectivity index (χ3n) is 3.77. The van der Waals surface area contributed by atoms with Crippen molar-refractivity contribution in [2.75, 3.05) is 5.32 Å². The van der Waals surface area contributed by atoms with Crippen LogP contribution in [0.4, 0.5) is 17.1 Å². The molecule has 0 bridgehead atoms. The molecule has 28 heavy (non-hydrogen) atoms. The average molecular weight is 450 g/mol. The van der Waals surface area contributed by atoms with Gasteiger partial charge in [0.15, 0.2) is 5.69 Å². The lowest BCUT2D eigenvalue weighted by molar-refractivity contribution is -0.395. The van der Waals surface area contributed by atoms with Crippen LogP contribution < -0.4 is 5.32 Å². The average Bonchev–Trinajstić information content (AvgIpc) is 3.25. The van der Waals surface area contributed by atoms with Gasteiger partial charge in [-0.1, -0.05) is 0 Å². The minimum absolute atomic E-state index is 0.0390. The molecule has 0 radical (unpaired) electrons. The molecule has 13 heteroatoms. The first-order valence-electron chi connectivity index (χ1n) is 7.71. The summed E-state index contributed by atoms with van der Waals surface area (Å²) in [6, 6.07) is 3.59. The molecule has 3 aromatic rings. The number of rotatable bonds is 6. The van der Waals surface area contributed by atoms with Crippen LogP contribution in [0.15, 0.2) is 41.3 Å². The number of anilines is 1. The van der Waals surface area contributed by atoms with Gasteiger partial charge < -0.3 is 5.32 Å². The van der Waals surface area contributed by atoms with Gasteiger partial charge in [-0.25, -0.2) is 4.68 Å². The maximum absolute atomic E-state index is 12.4. The van der Waals surface area contributed by atoms with Crippen molar-refractivity contribution in [1.29, 1.82) is 0 Å². The van der Waals surface area contributed by atoms with Crippen molar-refractivity contribution >= 4 is 38.9 Å². The second-order valence-electron chi connectivity index (χ2n) is 5.69. The predicted octanol–water partition coefficient (Wildman–Crippen LogP) is 2.73. The van der Waals surface area contributed by atoms with Crippen LogP contribution in [-0.4, -0.2) is 35.3 Å². The smallest absolute Gasteiger partial charge is 0.281 e. The van der Waals surface area contributed by atoms with Crippen LogP contribution in [0.5, 0.6) is 0 Å². The molecule has 1 aromatic carbocycles. The van der Waals surface area contributed by atoms with E-state index in [1.807, 2.05) is 0 Å². The lowest BCUT2D eigenvalue weighted by atomic mass is 10.1. The van der Waals surface area contributed by atoms with Crippen LogP contribution in [-0.2, 0) is 6.67 Å². The van der Waals surface area contributed by atoms with Crippen molar-refractivity contribution in [3.63, 3.8) is 0 Å². The number of amides is 1. The standard InChI is InChI=1S/C15H12BrN7O5/c1-9-13(22(25)26)4-11(5-14(9)23(27)28)18-15(24)12-2-3-20(19-12)8-21-7-10(16)6-17-21/h2-7H,8H2,1H3,(H,18,24). The fourth-order valence-electron chi connectivity index (χ4n) is 2.46. The Labute approximate surface area is 165 Å². The second-order valence-corrected chi connectivity index (χ2v) is 6.60. The van der Waals surface area contributed by atoms with Gasteiger partial charge >= 0.3 is 0 Å². The molecule has 0 aliphatic rings. The molecule has 0 saturated carbocycles. The highest BCUT2D eigenvalue weighted by atomic mass is 79.9. The van der Waals surface area contributed by atoms with E-state index >= 15 is 0 Å². The van der Waals surface area contributed by atoms with Crippen molar-refractivity contribution in [3.8, 4) is 0 Å². The van der Waals surface area contributed by atoms with Gasteiger partial charge in [-0.2, -0.15) is 10.2 Å². The minimum atomic E-state index is -0.741. The Kier molecular flexibility index (Phi) is 5.17. The molecule has 144 valence electrons. The van der Waals surface area contributed by atoms with Crippen LogP contribution in [0, 0.1) is 27.2 Å². The molecule has 0 spiro atoms. The maximum Gasteiger partial charge on any atom is 0.281 e. The maximum atomic E-state index is 12.4. The second kappa shape index (κ2) is 7.56. The largest absolute Gasteiger partial charge is 0.320 e. The number of nitro groups is 2. The molecule has 0 saturated heterocycles. The molecular formula is C15H12BrN7O5. The summed E-state index contributed by atoms with van der Waals surface area (Å²) in [5.41, 5.74) is -1.04. The Hall–Kier alpha value is -3.61. The highest BCUT2D eigenvalue weighted by Gasteiger charge is 2.24. The van der Waals surface area contributed by atoms with E-state index in [0.717, 1.165) is 16.6 Å². The summed E-state index contributed by atoms with van der Waals surface area (Å²) in [5, 5.41) is 32.8. The Morgan fingerprint density at radius 1 is 1.21 bits per heavy atom. The number of nitrogens with one attached hydrogen (secondary N) is 1. The number of hydrogen-bond donors (Lipinski definition) is 1. The molecule has 1 amide bonds. The van der Waals surface area contributed by atoms with Crippen molar-refractivity contribution in [2.24, 2.45) is 0 Å². The normalized spacial score (nSPS) is 10.6. The van der Waals surface area contributed by atoms with Gasteiger partial charge in [-0.05, 0) is 28.9 Å². The van der Waals surface area contributed by atoms with E-state index in [9.17, 15) is 25.0 Å². The summed E-state index contributed by atoms with van der Waals surface area (Å²) in [4.78, 5) is 33.1. The Morgan fingerprint density at radius 2 is 1.86 bits per heavy atom. The third-order valence-corrected chi connectivity index (χ3v) is 4.18. The topological polar surface area (TPSA) is 151 Å². The SMILES string of the molecule is Cc1c([N+](=O)[O-])cc(NC(=O)c2ccn(Cn3cc(Br)cn3)n2)cc1[N+](=O)[O-]. The number of hydrogen-bond acceptors (Lipinski definition) is 7. The molecule has 0 fully saturated rings. The first-order valence-corrected chi connectivity index (χ1v) is 8.50. The fourth-order valence-corrected chi connectivity index (χ4v) is 2.78. The molecule has 2 aromatic heterocycles. The summed E-state index contributed by atoms with van der Waals surface area (Å²) >= 11 is 3.27. The molecular weight excluding hydrogens is 438 g/mol. The predicted molar refractivity (Wildman–Crippen MR) is 100.0 cm³/mol. The highest BCUT2D eigenvalue weighted by molar-refractivity contribution is 9.10. The van der Waals surface area contributed by atoms with Crippen LogP contribution >= 0.6 is 15.9 Å². The number of carbonyl (C=O) groups excluding carboxylic acids is 1. The molecule has 0 aliphatic carbocycles. The molecule has 1 N–H and O–H groups in total. The van der Waals surface area contributed by atoms with Gasteiger partial charge in [0.25, 0.3) is 17.3 Å². The first-order chi connectivity index (χ1) is 13.2. The number of aromatic nitrogens is 4. The summed E-state index contributed by atoms with van der Waals surface area (Å²) in [7, 11) is 0. The van der Waals surface area contributed by atoms with E-state index in [1.165, 1.54) is 17.7 Å². The van der Waals surface area contributed by atoms with Crippen molar-refractivity contribution in [1.82, 2.24) is 19.6 Å². The Morgan fingerprint density at radius 3 is 2.39 bits per heavy atom. The van der Waals surface area contributed by atoms with Gasteiger partial charge in [0.05, 0.1) is 26.2 Å². The highest BCUT2D eigenvalue weighted by Crippen LogP contribution is 2.31. The lowest BCUT2D eigenvalue weighted by Gasteiger charge is -2.06. The number of benzene rings is 1. The van der Waals surface area contributed by atoms with Gasteiger partial charge in [-0.15, -0.1) is 0 Å². The van der Waals surface area contributed by atoms with Crippen molar-refractivity contribution in [3.05, 3.63) is 72.7 Å². The van der Waals surface area contributed by atoms with Gasteiger partial charge in [-0.3, -0.25) is 29.7 Å². The zero-order valence-electron chi connectivity index (χ0n) is 14.3. The zero-order chi connectivity index (χ0) is 20.4. The van der Waals surface area contributed by atoms with Crippen molar-refractivity contribution in [2.45, 2.75) is 13.6 Å². The third kappa shape index (κ3) is 4.03. The van der Waals surface area contributed by atoms with Crippen LogP contribution in [0.1, 0.15) is 16.1 Å². The lowest BCUT2D eigenvalue weighted by Crippen LogP contribution is -2.15. The summed E-state index contributed by atoms with van der Waals surface area (Å²) in [6.45, 7) is 1.54. The quantitative estimate of drug-likeness (QED) is 0.448. The molecule has 0 unspecified atom stereocenters. The van der Waals surface area contributed by atoms with Crippen molar-refractivity contribution < 1.29 is 14.6 Å². The Balaban J connectivity index is 1.81. The molecule has 3 rings (SSSR count). The molecule has 2 heterocycles. The summed E-state index contributed by atoms with van der Waals surface area (Å²) in [5.74, 6) is -0.659. The van der Waals surface area contributed by atoms with E-state index in [-0.39, 0.29) is 23.6 Å². The Bertz CT molecular complexity index is 1060. The van der Waals surface area contributed by atoms with Gasteiger partial charge in [0.1, 0.15) is 12.2 Å². The minimum Gasteiger partial charge on any atom is -0.320 e. The van der Waals surface area contributed by atoms with Gasteiger partial charge in [0.2, 0.25) is 0 Å². The summed E-state index contributed by atoms with van der Waals surface area (Å²) in [6.07, 6.45) is 4.89. The number of nitrogens with zero attached hydrogens (tertiary/aromatic N) is 6. The fraction of sp³-hybridized carbons (Fsp3) is 0.133. The molecule has 0 aliphatic heterocycles. The van der Waals surface area contributed by atoms with E-state index < -0.39 is 27.1 Å². The summed E-state index contributed by atoms with van der Waals surface area (Å²) < 4.78 is 3.85. The van der Waals surface area contributed by atoms with E-state index in [1.54, 1.807) is 23.3 Å². The van der Waals surface area contributed by atoms with Crippen LogP contribution in [0.25, 0.3) is 0 Å². The monoisotopic (exact) mass is 449 g/mol. The zero-order valence-corrected chi connectivity index (χ0v) is 15.9. The van der Waals surface area contributed by atoms with E-state index in [4.69, 9.17) is 0 Å². The first kappa shape index (κ1) is 19.2. The van der Waals surface area contributed by atoms with Crippen LogP contribution in [0.3, 0.4) is 0 Å². The molecule has 0 atom stereocenters. The molecule has 12 nitrogen and oxygen atoms in total. The van der Waals surface area contributed by atoms with E-state index in [2.05, 4.69) is 31.4 Å². The number of nitro benzene ring substituents is 2.